The molecular weight excluding hydrogens is 302 g/mol. The number of benzene rings is 3. The van der Waals surface area contributed by atoms with Crippen LogP contribution in [0.25, 0.3) is 5.57 Å². The highest BCUT2D eigenvalue weighted by Crippen LogP contribution is 2.22. The first kappa shape index (κ1) is 17.2. The lowest BCUT2D eigenvalue weighted by Crippen LogP contribution is -2.20. The molecular formula is C24H25N. The van der Waals surface area contributed by atoms with Crippen LogP contribution in [0.1, 0.15) is 29.5 Å². The minimum absolute atomic E-state index is 0.506. The molecule has 0 fully saturated rings. The number of hydrogen-bond acceptors (Lipinski definition) is 1. The summed E-state index contributed by atoms with van der Waals surface area (Å²) in [6.07, 6.45) is 2.29. The molecule has 3 rings (SSSR count). The summed E-state index contributed by atoms with van der Waals surface area (Å²) in [4.78, 5) is 0. The molecule has 25 heavy (non-hydrogen) atoms. The summed E-state index contributed by atoms with van der Waals surface area (Å²) in [5, 5.41) is 3.58. The second-order valence-corrected chi connectivity index (χ2v) is 6.32. The Morgan fingerprint density at radius 1 is 0.760 bits per heavy atom. The standard InChI is InChI=1S/C24H25N/c1-20(21-11-5-2-6-12-21)19-25-18-17-24(22-13-7-3-8-14-22)23-15-9-4-10-16-23/h2-17,20,25H,18-19H2,1H3/t20-/m0/s1. The third-order valence-corrected chi connectivity index (χ3v) is 4.44. The van der Waals surface area contributed by atoms with Gasteiger partial charge < -0.3 is 5.32 Å². The highest BCUT2D eigenvalue weighted by molar-refractivity contribution is 5.79. The fourth-order valence-corrected chi connectivity index (χ4v) is 3.01. The van der Waals surface area contributed by atoms with Crippen LogP contribution in [0.4, 0.5) is 0 Å². The number of nitrogens with one attached hydrogen (secondary N) is 1. The van der Waals surface area contributed by atoms with Gasteiger partial charge in [-0.25, -0.2) is 0 Å². The van der Waals surface area contributed by atoms with Crippen molar-refractivity contribution in [3.05, 3.63) is 114 Å². The molecule has 0 saturated carbocycles. The smallest absolute Gasteiger partial charge is 0.0144 e. The Hall–Kier alpha value is -2.64. The van der Waals surface area contributed by atoms with Crippen LogP contribution in [-0.2, 0) is 0 Å². The first-order valence-corrected chi connectivity index (χ1v) is 8.91. The van der Waals surface area contributed by atoms with E-state index in [-0.39, 0.29) is 0 Å². The van der Waals surface area contributed by atoms with Crippen LogP contribution in [0.15, 0.2) is 97.1 Å². The zero-order valence-electron chi connectivity index (χ0n) is 14.7. The molecule has 0 spiro atoms. The van der Waals surface area contributed by atoms with Crippen molar-refractivity contribution in [1.29, 1.82) is 0 Å². The molecule has 1 heteroatoms. The van der Waals surface area contributed by atoms with Gasteiger partial charge in [0.05, 0.1) is 0 Å². The molecule has 0 aliphatic carbocycles. The van der Waals surface area contributed by atoms with Crippen LogP contribution < -0.4 is 5.32 Å². The van der Waals surface area contributed by atoms with Crippen molar-refractivity contribution >= 4 is 5.57 Å². The highest BCUT2D eigenvalue weighted by Gasteiger charge is 2.05. The highest BCUT2D eigenvalue weighted by atomic mass is 14.8. The van der Waals surface area contributed by atoms with Crippen LogP contribution in [0.3, 0.4) is 0 Å². The van der Waals surface area contributed by atoms with Crippen LogP contribution in [0.2, 0.25) is 0 Å². The molecule has 0 heterocycles. The average Bonchev–Trinajstić information content (AvgIpc) is 2.70. The van der Waals surface area contributed by atoms with Gasteiger partial charge in [-0.05, 0) is 28.2 Å². The Labute approximate surface area is 151 Å². The lowest BCUT2D eigenvalue weighted by atomic mass is 9.97. The molecule has 0 unspecified atom stereocenters. The van der Waals surface area contributed by atoms with E-state index in [4.69, 9.17) is 0 Å². The summed E-state index contributed by atoms with van der Waals surface area (Å²) < 4.78 is 0. The summed E-state index contributed by atoms with van der Waals surface area (Å²) in [6.45, 7) is 4.09. The topological polar surface area (TPSA) is 12.0 Å². The van der Waals surface area contributed by atoms with Gasteiger partial charge >= 0.3 is 0 Å². The van der Waals surface area contributed by atoms with Crippen molar-refractivity contribution in [3.8, 4) is 0 Å². The van der Waals surface area contributed by atoms with Gasteiger partial charge in [0.15, 0.2) is 0 Å². The van der Waals surface area contributed by atoms with Crippen molar-refractivity contribution in [1.82, 2.24) is 5.32 Å². The van der Waals surface area contributed by atoms with Gasteiger partial charge in [0, 0.05) is 13.1 Å². The average molecular weight is 327 g/mol. The Morgan fingerprint density at radius 2 is 1.24 bits per heavy atom. The Bertz CT molecular complexity index is 735. The van der Waals surface area contributed by atoms with E-state index >= 15 is 0 Å². The number of hydrogen-bond donors (Lipinski definition) is 1. The van der Waals surface area contributed by atoms with Crippen LogP contribution >= 0.6 is 0 Å². The van der Waals surface area contributed by atoms with Gasteiger partial charge in [-0.2, -0.15) is 0 Å². The molecule has 0 saturated heterocycles. The molecule has 0 aliphatic rings. The molecule has 1 nitrogen and oxygen atoms in total. The van der Waals surface area contributed by atoms with Crippen LogP contribution in [0, 0.1) is 0 Å². The van der Waals surface area contributed by atoms with Crippen molar-refractivity contribution in [2.75, 3.05) is 13.1 Å². The van der Waals surface area contributed by atoms with Crippen molar-refractivity contribution in [2.45, 2.75) is 12.8 Å². The third kappa shape index (κ3) is 4.91. The van der Waals surface area contributed by atoms with Crippen molar-refractivity contribution in [3.63, 3.8) is 0 Å². The SMILES string of the molecule is C[C@@H](CNCC=C(c1ccccc1)c1ccccc1)c1ccccc1. The van der Waals surface area contributed by atoms with Gasteiger partial charge in [0.25, 0.3) is 0 Å². The van der Waals surface area contributed by atoms with E-state index in [2.05, 4.69) is 109 Å². The lowest BCUT2D eigenvalue weighted by molar-refractivity contribution is 0.651. The minimum Gasteiger partial charge on any atom is -0.313 e. The second-order valence-electron chi connectivity index (χ2n) is 6.32. The van der Waals surface area contributed by atoms with Gasteiger partial charge in [0.2, 0.25) is 0 Å². The van der Waals surface area contributed by atoms with Crippen molar-refractivity contribution in [2.24, 2.45) is 0 Å². The van der Waals surface area contributed by atoms with E-state index in [0.29, 0.717) is 5.92 Å². The van der Waals surface area contributed by atoms with Gasteiger partial charge in [0.1, 0.15) is 0 Å². The maximum absolute atomic E-state index is 3.58. The molecule has 1 atom stereocenters. The normalized spacial score (nSPS) is 11.7. The molecule has 3 aromatic rings. The maximum Gasteiger partial charge on any atom is 0.0144 e. The summed E-state index contributed by atoms with van der Waals surface area (Å²) in [5.41, 5.74) is 5.17. The molecule has 0 amide bonds. The first-order chi connectivity index (χ1) is 12.3. The van der Waals surface area contributed by atoms with Crippen LogP contribution in [0.5, 0.6) is 0 Å². The Morgan fingerprint density at radius 3 is 1.76 bits per heavy atom. The zero-order valence-corrected chi connectivity index (χ0v) is 14.7. The fourth-order valence-electron chi connectivity index (χ4n) is 3.01. The van der Waals surface area contributed by atoms with Gasteiger partial charge in [-0.1, -0.05) is 104 Å². The second kappa shape index (κ2) is 9.00. The summed E-state index contributed by atoms with van der Waals surface area (Å²) in [6, 6.07) is 31.9. The fraction of sp³-hybridized carbons (Fsp3) is 0.167. The monoisotopic (exact) mass is 327 g/mol. The summed E-state index contributed by atoms with van der Waals surface area (Å²) >= 11 is 0. The van der Waals surface area contributed by atoms with Crippen LogP contribution in [-0.4, -0.2) is 13.1 Å². The van der Waals surface area contributed by atoms with E-state index in [0.717, 1.165) is 13.1 Å². The molecule has 0 radical (unpaired) electrons. The molecule has 1 N–H and O–H groups in total. The van der Waals surface area contributed by atoms with Gasteiger partial charge in [-0.3, -0.25) is 0 Å². The minimum atomic E-state index is 0.506. The molecule has 0 aromatic heterocycles. The van der Waals surface area contributed by atoms with E-state index in [1.165, 1.54) is 22.3 Å². The molecule has 3 aromatic carbocycles. The van der Waals surface area contributed by atoms with Gasteiger partial charge in [-0.15, -0.1) is 0 Å². The molecule has 0 bridgehead atoms. The Balaban J connectivity index is 1.68. The van der Waals surface area contributed by atoms with E-state index in [9.17, 15) is 0 Å². The molecule has 126 valence electrons. The quantitative estimate of drug-likeness (QED) is 0.564. The zero-order chi connectivity index (χ0) is 17.3. The van der Waals surface area contributed by atoms with E-state index < -0.39 is 0 Å². The summed E-state index contributed by atoms with van der Waals surface area (Å²) in [7, 11) is 0. The summed E-state index contributed by atoms with van der Waals surface area (Å²) in [5.74, 6) is 0.506. The predicted octanol–water partition coefficient (Wildman–Crippen LogP) is 5.51. The number of rotatable bonds is 7. The Kier molecular flexibility index (Phi) is 6.19. The molecule has 0 aliphatic heterocycles. The maximum atomic E-state index is 3.58. The van der Waals surface area contributed by atoms with E-state index in [1.54, 1.807) is 0 Å². The van der Waals surface area contributed by atoms with E-state index in [1.807, 2.05) is 0 Å². The van der Waals surface area contributed by atoms with Crippen molar-refractivity contribution < 1.29 is 0 Å². The predicted molar refractivity (Wildman–Crippen MR) is 108 cm³/mol. The third-order valence-electron chi connectivity index (χ3n) is 4.44. The lowest BCUT2D eigenvalue weighted by Gasteiger charge is -2.13. The first-order valence-electron chi connectivity index (χ1n) is 8.91. The largest absolute Gasteiger partial charge is 0.313 e.